The smallest absolute Gasteiger partial charge is 0.338 e. The summed E-state index contributed by atoms with van der Waals surface area (Å²) in [4.78, 5) is 30.8. The molecule has 1 amide bonds. The van der Waals surface area contributed by atoms with Crippen LogP contribution in [0.3, 0.4) is 0 Å². The van der Waals surface area contributed by atoms with Gasteiger partial charge in [0.2, 0.25) is 11.9 Å². The van der Waals surface area contributed by atoms with Gasteiger partial charge in [-0.3, -0.25) is 4.79 Å². The number of carbonyl (C=O) groups is 2. The second-order valence-corrected chi connectivity index (χ2v) is 6.61. The van der Waals surface area contributed by atoms with Crippen molar-refractivity contribution in [1.29, 1.82) is 0 Å². The van der Waals surface area contributed by atoms with Crippen LogP contribution in [0.2, 0.25) is 0 Å². The third-order valence-electron chi connectivity index (χ3n) is 4.34. The maximum Gasteiger partial charge on any atom is 0.338 e. The fourth-order valence-corrected chi connectivity index (χ4v) is 2.88. The Hall–Kier alpha value is -4.41. The highest BCUT2D eigenvalue weighted by Gasteiger charge is 2.13. The molecule has 2 aromatic carbocycles. The van der Waals surface area contributed by atoms with Crippen LogP contribution in [0.1, 0.15) is 22.8 Å². The van der Waals surface area contributed by atoms with Gasteiger partial charge in [0, 0.05) is 19.2 Å². The molecule has 2 aromatic heterocycles. The highest BCUT2D eigenvalue weighted by Crippen LogP contribution is 2.20. The summed E-state index contributed by atoms with van der Waals surface area (Å²) in [6.07, 6.45) is 1.47. The third-order valence-corrected chi connectivity index (χ3v) is 4.34. The molecular formula is C20H16FN7O3. The molecule has 0 saturated carbocycles. The van der Waals surface area contributed by atoms with Crippen LogP contribution < -0.4 is 10.6 Å². The molecule has 0 unspecified atom stereocenters. The average Bonchev–Trinajstić information content (AvgIpc) is 3.17. The number of hydrogen-bond donors (Lipinski definition) is 3. The summed E-state index contributed by atoms with van der Waals surface area (Å²) in [6, 6.07) is 11.0. The quantitative estimate of drug-likeness (QED) is 0.432. The predicted molar refractivity (Wildman–Crippen MR) is 109 cm³/mol. The Morgan fingerprint density at radius 1 is 1.19 bits per heavy atom. The van der Waals surface area contributed by atoms with Crippen molar-refractivity contribution in [2.24, 2.45) is 0 Å². The standard InChI is InChI=1S/C20H16FN7O3/c1-11(29)22-9-12-3-2-4-14(7-12)28-18-17(26-27-28)10-23-20(25-18)24-13-5-6-16(21)15(8-13)19(30)31/h2-8,10H,9H2,1H3,(H,22,29)(H,30,31)(H,23,24,25). The van der Waals surface area contributed by atoms with Crippen molar-refractivity contribution in [1.82, 2.24) is 30.3 Å². The number of carboxylic acid groups (broad SMARTS) is 1. The summed E-state index contributed by atoms with van der Waals surface area (Å²) in [5.41, 5.74) is 2.27. The summed E-state index contributed by atoms with van der Waals surface area (Å²) < 4.78 is 15.1. The van der Waals surface area contributed by atoms with Gasteiger partial charge in [0.05, 0.1) is 17.4 Å². The van der Waals surface area contributed by atoms with E-state index in [0.29, 0.717) is 29.1 Å². The number of benzene rings is 2. The Bertz CT molecular complexity index is 1310. The number of aromatic nitrogens is 5. The first-order chi connectivity index (χ1) is 14.9. The van der Waals surface area contributed by atoms with Gasteiger partial charge in [-0.1, -0.05) is 17.3 Å². The van der Waals surface area contributed by atoms with Gasteiger partial charge in [-0.25, -0.2) is 14.2 Å². The molecule has 0 fully saturated rings. The summed E-state index contributed by atoms with van der Waals surface area (Å²) in [6.45, 7) is 1.81. The number of carbonyl (C=O) groups excluding carboxylic acids is 1. The number of fused-ring (bicyclic) bond motifs is 1. The molecule has 10 nitrogen and oxygen atoms in total. The van der Waals surface area contributed by atoms with Gasteiger partial charge < -0.3 is 15.7 Å². The van der Waals surface area contributed by atoms with Crippen molar-refractivity contribution in [3.63, 3.8) is 0 Å². The number of carboxylic acids is 1. The molecule has 0 radical (unpaired) electrons. The highest BCUT2D eigenvalue weighted by atomic mass is 19.1. The Morgan fingerprint density at radius 3 is 2.81 bits per heavy atom. The first kappa shape index (κ1) is 19.9. The molecule has 4 aromatic rings. The Balaban J connectivity index is 1.66. The second-order valence-electron chi connectivity index (χ2n) is 6.61. The summed E-state index contributed by atoms with van der Waals surface area (Å²) in [5, 5.41) is 22.9. The third kappa shape index (κ3) is 4.29. The number of amides is 1. The van der Waals surface area contributed by atoms with E-state index in [4.69, 9.17) is 5.11 Å². The fourth-order valence-electron chi connectivity index (χ4n) is 2.88. The molecule has 31 heavy (non-hydrogen) atoms. The molecule has 4 rings (SSSR count). The molecule has 2 heterocycles. The lowest BCUT2D eigenvalue weighted by Gasteiger charge is -2.08. The van der Waals surface area contributed by atoms with Gasteiger partial charge in [0.15, 0.2) is 11.2 Å². The number of anilines is 2. The molecular weight excluding hydrogens is 405 g/mol. The number of halogens is 1. The van der Waals surface area contributed by atoms with Gasteiger partial charge in [-0.05, 0) is 35.9 Å². The minimum atomic E-state index is -1.38. The van der Waals surface area contributed by atoms with Crippen LogP contribution in [0.5, 0.6) is 0 Å². The Labute approximate surface area is 174 Å². The zero-order valence-corrected chi connectivity index (χ0v) is 16.2. The number of hydrogen-bond acceptors (Lipinski definition) is 7. The maximum atomic E-state index is 13.6. The summed E-state index contributed by atoms with van der Waals surface area (Å²) in [5.74, 6) is -2.19. The van der Waals surface area contributed by atoms with E-state index in [1.807, 2.05) is 24.3 Å². The molecule has 0 bridgehead atoms. The number of nitrogens with zero attached hydrogens (tertiary/aromatic N) is 5. The minimum absolute atomic E-state index is 0.132. The van der Waals surface area contributed by atoms with Crippen LogP contribution in [0.4, 0.5) is 16.0 Å². The van der Waals surface area contributed by atoms with Crippen molar-refractivity contribution in [2.75, 3.05) is 5.32 Å². The van der Waals surface area contributed by atoms with E-state index in [9.17, 15) is 14.0 Å². The molecule has 0 spiro atoms. The summed E-state index contributed by atoms with van der Waals surface area (Å²) in [7, 11) is 0. The zero-order chi connectivity index (χ0) is 22.0. The van der Waals surface area contributed by atoms with E-state index in [0.717, 1.165) is 17.7 Å². The van der Waals surface area contributed by atoms with Crippen molar-refractivity contribution in [3.8, 4) is 5.69 Å². The van der Waals surface area contributed by atoms with Crippen LogP contribution in [0.25, 0.3) is 16.9 Å². The molecule has 3 N–H and O–H groups in total. The van der Waals surface area contributed by atoms with Crippen LogP contribution in [-0.2, 0) is 11.3 Å². The maximum absolute atomic E-state index is 13.6. The molecule has 0 atom stereocenters. The van der Waals surface area contributed by atoms with Crippen molar-refractivity contribution >= 4 is 34.7 Å². The van der Waals surface area contributed by atoms with Crippen LogP contribution in [-0.4, -0.2) is 41.9 Å². The average molecular weight is 421 g/mol. The summed E-state index contributed by atoms with van der Waals surface area (Å²) >= 11 is 0. The first-order valence-corrected chi connectivity index (χ1v) is 9.13. The first-order valence-electron chi connectivity index (χ1n) is 9.13. The lowest BCUT2D eigenvalue weighted by atomic mass is 10.2. The molecule has 0 aliphatic rings. The van der Waals surface area contributed by atoms with E-state index >= 15 is 0 Å². The molecule has 0 aliphatic carbocycles. The lowest BCUT2D eigenvalue weighted by molar-refractivity contribution is -0.119. The van der Waals surface area contributed by atoms with Crippen molar-refractivity contribution < 1.29 is 19.1 Å². The Kier molecular flexibility index (Phi) is 5.22. The van der Waals surface area contributed by atoms with Gasteiger partial charge in [-0.2, -0.15) is 9.67 Å². The Morgan fingerprint density at radius 2 is 2.03 bits per heavy atom. The van der Waals surface area contributed by atoms with Crippen molar-refractivity contribution in [2.45, 2.75) is 13.5 Å². The largest absolute Gasteiger partial charge is 0.478 e. The monoisotopic (exact) mass is 421 g/mol. The van der Waals surface area contributed by atoms with Crippen molar-refractivity contribution in [3.05, 3.63) is 65.6 Å². The molecule has 0 aliphatic heterocycles. The second kappa shape index (κ2) is 8.14. The SMILES string of the molecule is CC(=O)NCc1cccc(-n2nnc3cnc(Nc4ccc(F)c(C(=O)O)c4)nc32)c1. The highest BCUT2D eigenvalue weighted by molar-refractivity contribution is 5.89. The predicted octanol–water partition coefficient (Wildman–Crippen LogP) is 2.43. The van der Waals surface area contributed by atoms with Gasteiger partial charge in [-0.15, -0.1) is 5.10 Å². The lowest BCUT2D eigenvalue weighted by Crippen LogP contribution is -2.18. The number of aromatic carboxylic acids is 1. The van der Waals surface area contributed by atoms with E-state index in [1.165, 1.54) is 23.9 Å². The zero-order valence-electron chi connectivity index (χ0n) is 16.2. The van der Waals surface area contributed by atoms with E-state index < -0.39 is 17.3 Å². The van der Waals surface area contributed by atoms with E-state index in [1.54, 1.807) is 0 Å². The topological polar surface area (TPSA) is 135 Å². The van der Waals surface area contributed by atoms with Gasteiger partial charge >= 0.3 is 5.97 Å². The normalized spacial score (nSPS) is 10.8. The number of nitrogens with one attached hydrogen (secondary N) is 2. The van der Waals surface area contributed by atoms with Crippen LogP contribution in [0, 0.1) is 5.82 Å². The molecule has 156 valence electrons. The minimum Gasteiger partial charge on any atom is -0.478 e. The molecule has 11 heteroatoms. The van der Waals surface area contributed by atoms with Gasteiger partial charge in [0.1, 0.15) is 5.82 Å². The van der Waals surface area contributed by atoms with E-state index in [-0.39, 0.29) is 11.9 Å². The number of rotatable bonds is 6. The molecule has 0 saturated heterocycles. The van der Waals surface area contributed by atoms with Gasteiger partial charge in [0.25, 0.3) is 0 Å². The van der Waals surface area contributed by atoms with E-state index in [2.05, 4.69) is 30.9 Å². The fraction of sp³-hybridized carbons (Fsp3) is 0.100. The van der Waals surface area contributed by atoms with Crippen LogP contribution in [0.15, 0.2) is 48.7 Å². The van der Waals surface area contributed by atoms with Crippen LogP contribution >= 0.6 is 0 Å².